The molecule has 1 atom stereocenters. The van der Waals surface area contributed by atoms with Crippen LogP contribution in [0.2, 0.25) is 0 Å². The summed E-state index contributed by atoms with van der Waals surface area (Å²) in [6.07, 6.45) is 2.28. The van der Waals surface area contributed by atoms with E-state index in [1.165, 1.54) is 11.3 Å². The lowest BCUT2D eigenvalue weighted by Crippen LogP contribution is -2.17. The van der Waals surface area contributed by atoms with Gasteiger partial charge in [0.15, 0.2) is 0 Å². The summed E-state index contributed by atoms with van der Waals surface area (Å²) in [5, 5.41) is 4.78. The fraction of sp³-hybridized carbons (Fsp3) is 0.312. The molecule has 2 heterocycles. The minimum Gasteiger partial charge on any atom is -0.489 e. The van der Waals surface area contributed by atoms with E-state index in [2.05, 4.69) is 5.32 Å². The molecule has 0 bridgehead atoms. The van der Waals surface area contributed by atoms with E-state index in [1.54, 1.807) is 6.07 Å². The van der Waals surface area contributed by atoms with Crippen LogP contribution in [0.5, 0.6) is 5.75 Å². The van der Waals surface area contributed by atoms with Gasteiger partial charge in [0.05, 0.1) is 16.7 Å². The van der Waals surface area contributed by atoms with Gasteiger partial charge in [-0.05, 0) is 36.4 Å². The number of anilines is 1. The normalized spacial score (nSPS) is 17.6. The molecule has 110 valence electrons. The number of carbonyl (C=O) groups is 1. The van der Waals surface area contributed by atoms with Gasteiger partial charge in [-0.1, -0.05) is 18.2 Å². The maximum absolute atomic E-state index is 12.1. The quantitative estimate of drug-likeness (QED) is 0.918. The Bertz CT molecular complexity index is 591. The van der Waals surface area contributed by atoms with Gasteiger partial charge in [-0.2, -0.15) is 0 Å². The number of hydrogen-bond acceptors (Lipinski definition) is 4. The predicted octanol–water partition coefficient (Wildman–Crippen LogP) is 3.56. The maximum Gasteiger partial charge on any atom is 0.265 e. The smallest absolute Gasteiger partial charge is 0.265 e. The molecule has 0 radical (unpaired) electrons. The molecule has 4 nitrogen and oxygen atoms in total. The second-order valence-electron chi connectivity index (χ2n) is 4.87. The van der Waals surface area contributed by atoms with E-state index >= 15 is 0 Å². The van der Waals surface area contributed by atoms with Crippen molar-refractivity contribution in [1.82, 2.24) is 0 Å². The highest BCUT2D eigenvalue weighted by atomic mass is 32.1. The number of thiophene rings is 1. The van der Waals surface area contributed by atoms with Crippen LogP contribution < -0.4 is 10.1 Å². The predicted molar refractivity (Wildman–Crippen MR) is 83.2 cm³/mol. The summed E-state index contributed by atoms with van der Waals surface area (Å²) in [5.74, 6) is 0.566. The summed E-state index contributed by atoms with van der Waals surface area (Å²) in [5.41, 5.74) is 0.689. The average molecular weight is 303 g/mol. The second-order valence-corrected chi connectivity index (χ2v) is 5.82. The highest BCUT2D eigenvalue weighted by Crippen LogP contribution is 2.26. The lowest BCUT2D eigenvalue weighted by Gasteiger charge is -2.14. The van der Waals surface area contributed by atoms with Crippen LogP contribution in [0.1, 0.15) is 22.5 Å². The van der Waals surface area contributed by atoms with Crippen molar-refractivity contribution < 1.29 is 14.3 Å². The van der Waals surface area contributed by atoms with Crippen molar-refractivity contribution in [3.63, 3.8) is 0 Å². The van der Waals surface area contributed by atoms with Gasteiger partial charge in [-0.25, -0.2) is 0 Å². The third-order valence-corrected chi connectivity index (χ3v) is 4.20. The van der Waals surface area contributed by atoms with Crippen LogP contribution in [0.15, 0.2) is 41.8 Å². The van der Waals surface area contributed by atoms with Gasteiger partial charge < -0.3 is 14.8 Å². The van der Waals surface area contributed by atoms with E-state index in [9.17, 15) is 4.79 Å². The summed E-state index contributed by atoms with van der Waals surface area (Å²) in [7, 11) is 0. The molecule has 21 heavy (non-hydrogen) atoms. The molecule has 1 fully saturated rings. The number of para-hydroxylation sites is 2. The van der Waals surface area contributed by atoms with Gasteiger partial charge >= 0.3 is 0 Å². The Balaban J connectivity index is 1.65. The van der Waals surface area contributed by atoms with Crippen LogP contribution >= 0.6 is 11.3 Å². The standard InChI is InChI=1S/C16H17NO3S/c18-16(15-8-4-10-21-15)17-13-6-1-2-7-14(13)20-11-12-5-3-9-19-12/h1-2,4,6-8,10,12H,3,5,9,11H2,(H,17,18)/t12-/m0/s1. The van der Waals surface area contributed by atoms with Crippen LogP contribution in [0.4, 0.5) is 5.69 Å². The number of benzene rings is 1. The lowest BCUT2D eigenvalue weighted by atomic mass is 10.2. The highest BCUT2D eigenvalue weighted by Gasteiger charge is 2.17. The highest BCUT2D eigenvalue weighted by molar-refractivity contribution is 7.12. The molecule has 0 saturated carbocycles. The Morgan fingerprint density at radius 2 is 2.24 bits per heavy atom. The molecule has 1 aromatic carbocycles. The number of ether oxygens (including phenoxy) is 2. The van der Waals surface area contributed by atoms with Gasteiger partial charge in [-0.3, -0.25) is 4.79 Å². The topological polar surface area (TPSA) is 47.6 Å². The summed E-state index contributed by atoms with van der Waals surface area (Å²) in [6.45, 7) is 1.33. The van der Waals surface area contributed by atoms with E-state index < -0.39 is 0 Å². The van der Waals surface area contributed by atoms with E-state index in [1.807, 2.05) is 35.7 Å². The molecule has 1 amide bonds. The number of amides is 1. The van der Waals surface area contributed by atoms with Crippen LogP contribution in [0.25, 0.3) is 0 Å². The van der Waals surface area contributed by atoms with Crippen molar-refractivity contribution in [3.05, 3.63) is 46.7 Å². The monoisotopic (exact) mass is 303 g/mol. The number of rotatable bonds is 5. The van der Waals surface area contributed by atoms with E-state index in [4.69, 9.17) is 9.47 Å². The van der Waals surface area contributed by atoms with Crippen molar-refractivity contribution in [2.24, 2.45) is 0 Å². The molecule has 1 N–H and O–H groups in total. The Morgan fingerprint density at radius 3 is 3.00 bits per heavy atom. The van der Waals surface area contributed by atoms with Crippen molar-refractivity contribution in [2.75, 3.05) is 18.5 Å². The fourth-order valence-corrected chi connectivity index (χ4v) is 2.86. The first-order chi connectivity index (χ1) is 10.3. The van der Waals surface area contributed by atoms with Crippen molar-refractivity contribution in [3.8, 4) is 5.75 Å². The molecular formula is C16H17NO3S. The van der Waals surface area contributed by atoms with Gasteiger partial charge in [0, 0.05) is 6.61 Å². The van der Waals surface area contributed by atoms with Crippen LogP contribution in [-0.4, -0.2) is 25.2 Å². The Hall–Kier alpha value is -1.85. The number of carbonyl (C=O) groups excluding carboxylic acids is 1. The van der Waals surface area contributed by atoms with Gasteiger partial charge in [0.1, 0.15) is 12.4 Å². The first kappa shape index (κ1) is 14.1. The van der Waals surface area contributed by atoms with Gasteiger partial charge in [-0.15, -0.1) is 11.3 Å². The maximum atomic E-state index is 12.1. The first-order valence-electron chi connectivity index (χ1n) is 7.01. The second kappa shape index (κ2) is 6.74. The van der Waals surface area contributed by atoms with E-state index in [0.29, 0.717) is 22.9 Å². The van der Waals surface area contributed by atoms with Crippen LogP contribution in [-0.2, 0) is 4.74 Å². The zero-order chi connectivity index (χ0) is 14.5. The molecule has 1 aromatic heterocycles. The lowest BCUT2D eigenvalue weighted by molar-refractivity contribution is 0.0682. The molecule has 1 saturated heterocycles. The molecular weight excluding hydrogens is 286 g/mol. The molecule has 2 aromatic rings. The molecule has 0 aliphatic carbocycles. The first-order valence-corrected chi connectivity index (χ1v) is 7.89. The Morgan fingerprint density at radius 1 is 1.33 bits per heavy atom. The summed E-state index contributed by atoms with van der Waals surface area (Å²) in [6, 6.07) is 11.1. The van der Waals surface area contributed by atoms with Gasteiger partial charge in [0.25, 0.3) is 5.91 Å². The van der Waals surface area contributed by atoms with Crippen molar-refractivity contribution in [1.29, 1.82) is 0 Å². The molecule has 3 rings (SSSR count). The Kier molecular flexibility index (Phi) is 4.52. The van der Waals surface area contributed by atoms with E-state index in [-0.39, 0.29) is 12.0 Å². The zero-order valence-corrected chi connectivity index (χ0v) is 12.4. The zero-order valence-electron chi connectivity index (χ0n) is 11.6. The number of nitrogens with one attached hydrogen (secondary N) is 1. The summed E-state index contributed by atoms with van der Waals surface area (Å²) in [4.78, 5) is 12.8. The summed E-state index contributed by atoms with van der Waals surface area (Å²) >= 11 is 1.42. The largest absolute Gasteiger partial charge is 0.489 e. The number of hydrogen-bond donors (Lipinski definition) is 1. The minimum absolute atomic E-state index is 0.113. The fourth-order valence-electron chi connectivity index (χ4n) is 2.25. The molecule has 0 spiro atoms. The average Bonchev–Trinajstić information content (AvgIpc) is 3.20. The molecule has 0 unspecified atom stereocenters. The van der Waals surface area contributed by atoms with Crippen molar-refractivity contribution in [2.45, 2.75) is 18.9 Å². The van der Waals surface area contributed by atoms with Crippen molar-refractivity contribution >= 4 is 22.9 Å². The molecule has 5 heteroatoms. The van der Waals surface area contributed by atoms with Crippen LogP contribution in [0.3, 0.4) is 0 Å². The molecule has 1 aliphatic heterocycles. The Labute approximate surface area is 127 Å². The third kappa shape index (κ3) is 3.62. The minimum atomic E-state index is -0.113. The van der Waals surface area contributed by atoms with Gasteiger partial charge in [0.2, 0.25) is 0 Å². The molecule has 1 aliphatic rings. The van der Waals surface area contributed by atoms with Crippen LogP contribution in [0, 0.1) is 0 Å². The van der Waals surface area contributed by atoms with E-state index in [0.717, 1.165) is 19.4 Å². The summed E-state index contributed by atoms with van der Waals surface area (Å²) < 4.78 is 11.3. The SMILES string of the molecule is O=C(Nc1ccccc1OC[C@@H]1CCCO1)c1cccs1. The third-order valence-electron chi connectivity index (χ3n) is 3.33.